The van der Waals surface area contributed by atoms with Crippen LogP contribution in [-0.2, 0) is 0 Å². The zero-order chi connectivity index (χ0) is 7.68. The van der Waals surface area contributed by atoms with Gasteiger partial charge in [-0.15, -0.1) is 5.10 Å². The van der Waals surface area contributed by atoms with E-state index in [1.807, 2.05) is 0 Å². The second-order valence-corrected chi connectivity index (χ2v) is 2.02. The summed E-state index contributed by atoms with van der Waals surface area (Å²) in [6.45, 7) is 3.60. The molecule has 0 bridgehead atoms. The van der Waals surface area contributed by atoms with E-state index in [2.05, 4.69) is 27.5 Å². The molecule has 0 saturated heterocycles. The van der Waals surface area contributed by atoms with Gasteiger partial charge < -0.3 is 4.42 Å². The van der Waals surface area contributed by atoms with Crippen LogP contribution in [0.1, 0.15) is 5.76 Å². The molecule has 1 radical (unpaired) electrons. The molecule has 0 amide bonds. The average molecular weight is 149 g/mol. The van der Waals surface area contributed by atoms with E-state index in [0.29, 0.717) is 17.3 Å². The fourth-order valence-electron chi connectivity index (χ4n) is 0.769. The van der Waals surface area contributed by atoms with Crippen molar-refractivity contribution in [3.8, 4) is 11.6 Å². The maximum absolute atomic E-state index is 5.14. The summed E-state index contributed by atoms with van der Waals surface area (Å²) in [5.74, 6) is 1.70. The zero-order valence-corrected chi connectivity index (χ0v) is 5.61. The summed E-state index contributed by atoms with van der Waals surface area (Å²) >= 11 is 0. The first-order valence-electron chi connectivity index (χ1n) is 3.02. The van der Waals surface area contributed by atoms with Crippen molar-refractivity contribution in [1.29, 1.82) is 0 Å². The Morgan fingerprint density at radius 1 is 1.45 bits per heavy atom. The van der Waals surface area contributed by atoms with E-state index in [9.17, 15) is 0 Å². The first-order chi connectivity index (χ1) is 5.36. The molecule has 11 heavy (non-hydrogen) atoms. The normalized spacial score (nSPS) is 10.3. The van der Waals surface area contributed by atoms with Crippen LogP contribution in [0.25, 0.3) is 11.6 Å². The molecule has 55 valence electrons. The lowest BCUT2D eigenvalue weighted by Gasteiger charge is -1.84. The summed E-state index contributed by atoms with van der Waals surface area (Å²) in [7, 11) is 0. The third-order valence-electron chi connectivity index (χ3n) is 1.24. The highest BCUT2D eigenvalue weighted by atomic mass is 16.3. The monoisotopic (exact) mass is 149 g/mol. The van der Waals surface area contributed by atoms with E-state index >= 15 is 0 Å². The van der Waals surface area contributed by atoms with Crippen LogP contribution in [0.3, 0.4) is 0 Å². The predicted octanol–water partition coefficient (Wildman–Crippen LogP) is 0.642. The summed E-state index contributed by atoms with van der Waals surface area (Å²) < 4.78 is 5.14. The summed E-state index contributed by atoms with van der Waals surface area (Å²) in [6, 6.07) is 3.50. The number of hydrogen-bond acceptors (Lipinski definition) is 4. The van der Waals surface area contributed by atoms with E-state index in [1.54, 1.807) is 12.1 Å². The van der Waals surface area contributed by atoms with Gasteiger partial charge in [0.2, 0.25) is 5.82 Å². The minimum absolute atomic E-state index is 0.514. The topological polar surface area (TPSA) is 67.6 Å². The first kappa shape index (κ1) is 6.09. The number of aromatic amines is 1. The third kappa shape index (κ3) is 1.000. The van der Waals surface area contributed by atoms with Gasteiger partial charge in [-0.1, -0.05) is 0 Å². The molecule has 0 fully saturated rings. The molecule has 0 aliphatic rings. The van der Waals surface area contributed by atoms with Crippen molar-refractivity contribution in [2.75, 3.05) is 0 Å². The molecule has 0 aliphatic heterocycles. The van der Waals surface area contributed by atoms with Gasteiger partial charge >= 0.3 is 0 Å². The zero-order valence-electron chi connectivity index (χ0n) is 5.61. The SMILES string of the molecule is [CH2]c1ccc(-c2nnn[nH]2)o1. The fraction of sp³-hybridized carbons (Fsp3) is 0. The molecular formula is C6H5N4O. The molecule has 0 saturated carbocycles. The third-order valence-corrected chi connectivity index (χ3v) is 1.24. The highest BCUT2D eigenvalue weighted by Gasteiger charge is 2.04. The van der Waals surface area contributed by atoms with Gasteiger partial charge in [0.1, 0.15) is 5.76 Å². The standard InChI is InChI=1S/C6H5N4O/c1-4-2-3-5(11-4)6-7-9-10-8-6/h2-3H,1H2,(H,7,8,9,10). The predicted molar refractivity (Wildman–Crippen MR) is 36.3 cm³/mol. The van der Waals surface area contributed by atoms with Crippen LogP contribution in [0.5, 0.6) is 0 Å². The number of aromatic nitrogens is 4. The highest BCUT2D eigenvalue weighted by Crippen LogP contribution is 2.15. The Bertz CT molecular complexity index is 337. The number of nitrogens with zero attached hydrogens (tertiary/aromatic N) is 3. The molecule has 5 heteroatoms. The van der Waals surface area contributed by atoms with Crippen molar-refractivity contribution in [2.45, 2.75) is 0 Å². The van der Waals surface area contributed by atoms with E-state index in [1.165, 1.54) is 0 Å². The van der Waals surface area contributed by atoms with Crippen molar-refractivity contribution in [2.24, 2.45) is 0 Å². The van der Waals surface area contributed by atoms with E-state index in [4.69, 9.17) is 4.42 Å². The van der Waals surface area contributed by atoms with Gasteiger partial charge in [0, 0.05) is 6.92 Å². The van der Waals surface area contributed by atoms with Crippen molar-refractivity contribution in [1.82, 2.24) is 20.6 Å². The van der Waals surface area contributed by atoms with E-state index < -0.39 is 0 Å². The highest BCUT2D eigenvalue weighted by molar-refractivity contribution is 5.45. The van der Waals surface area contributed by atoms with Crippen LogP contribution in [0.2, 0.25) is 0 Å². The maximum Gasteiger partial charge on any atom is 0.215 e. The second kappa shape index (κ2) is 2.19. The largest absolute Gasteiger partial charge is 0.458 e. The van der Waals surface area contributed by atoms with E-state index in [-0.39, 0.29) is 0 Å². The lowest BCUT2D eigenvalue weighted by Crippen LogP contribution is -1.75. The smallest absolute Gasteiger partial charge is 0.215 e. The summed E-state index contributed by atoms with van der Waals surface area (Å²) in [5.41, 5.74) is 0. The summed E-state index contributed by atoms with van der Waals surface area (Å²) in [4.78, 5) is 0. The second-order valence-electron chi connectivity index (χ2n) is 2.02. The Morgan fingerprint density at radius 2 is 2.36 bits per heavy atom. The molecule has 0 spiro atoms. The first-order valence-corrected chi connectivity index (χ1v) is 3.02. The summed E-state index contributed by atoms with van der Waals surface area (Å²) in [6.07, 6.45) is 0. The molecule has 5 nitrogen and oxygen atoms in total. The van der Waals surface area contributed by atoms with Crippen LogP contribution in [0.15, 0.2) is 16.5 Å². The van der Waals surface area contributed by atoms with Crippen LogP contribution in [-0.4, -0.2) is 20.6 Å². The number of tetrazole rings is 1. The van der Waals surface area contributed by atoms with Crippen LogP contribution < -0.4 is 0 Å². The average Bonchev–Trinajstić information content (AvgIpc) is 2.55. The summed E-state index contributed by atoms with van der Waals surface area (Å²) in [5, 5.41) is 13.0. The van der Waals surface area contributed by atoms with Crippen molar-refractivity contribution >= 4 is 0 Å². The molecule has 1 N–H and O–H groups in total. The maximum atomic E-state index is 5.14. The Kier molecular flexibility index (Phi) is 1.21. The minimum atomic E-state index is 0.514. The van der Waals surface area contributed by atoms with Crippen molar-refractivity contribution in [3.63, 3.8) is 0 Å². The van der Waals surface area contributed by atoms with Gasteiger partial charge in [0.25, 0.3) is 0 Å². The fourth-order valence-corrected chi connectivity index (χ4v) is 0.769. The van der Waals surface area contributed by atoms with Gasteiger partial charge in [0.15, 0.2) is 5.76 Å². The minimum Gasteiger partial charge on any atom is -0.458 e. The number of rotatable bonds is 1. The Balaban J connectivity index is 2.45. The molecule has 2 aromatic rings. The lowest BCUT2D eigenvalue weighted by molar-refractivity contribution is 0.559. The van der Waals surface area contributed by atoms with Crippen LogP contribution in [0, 0.1) is 6.92 Å². The number of H-pyrrole nitrogens is 1. The van der Waals surface area contributed by atoms with Gasteiger partial charge in [-0.2, -0.15) is 0 Å². The quantitative estimate of drug-likeness (QED) is 0.646. The molecule has 0 unspecified atom stereocenters. The van der Waals surface area contributed by atoms with Crippen LogP contribution in [0.4, 0.5) is 0 Å². The number of furan rings is 1. The van der Waals surface area contributed by atoms with Crippen molar-refractivity contribution in [3.05, 3.63) is 24.8 Å². The van der Waals surface area contributed by atoms with Crippen molar-refractivity contribution < 1.29 is 4.42 Å². The number of nitrogens with one attached hydrogen (secondary N) is 1. The van der Waals surface area contributed by atoms with Gasteiger partial charge in [-0.3, -0.25) is 0 Å². The Labute approximate surface area is 62.4 Å². The molecule has 0 aromatic carbocycles. The molecule has 2 rings (SSSR count). The molecule has 2 aromatic heterocycles. The molecule has 0 aliphatic carbocycles. The molecule has 0 atom stereocenters. The van der Waals surface area contributed by atoms with E-state index in [0.717, 1.165) is 0 Å². The van der Waals surface area contributed by atoms with Gasteiger partial charge in [-0.25, -0.2) is 5.10 Å². The Hall–Kier alpha value is -1.65. The Morgan fingerprint density at radius 3 is 2.91 bits per heavy atom. The molecular weight excluding hydrogens is 144 g/mol. The van der Waals surface area contributed by atoms with Crippen LogP contribution >= 0.6 is 0 Å². The van der Waals surface area contributed by atoms with Gasteiger partial charge in [-0.05, 0) is 22.6 Å². The molecule has 2 heterocycles. The number of hydrogen-bond donors (Lipinski definition) is 1. The van der Waals surface area contributed by atoms with Gasteiger partial charge in [0.05, 0.1) is 0 Å². The lowest BCUT2D eigenvalue weighted by atomic mass is 10.4.